The Hall–Kier alpha value is -1.38. The van der Waals surface area contributed by atoms with Crippen molar-refractivity contribution in [3.8, 4) is 0 Å². The minimum absolute atomic E-state index is 0.510. The van der Waals surface area contributed by atoms with Gasteiger partial charge in [-0.15, -0.1) is 0 Å². The molecule has 0 spiro atoms. The Bertz CT molecular complexity index is 553. The lowest BCUT2D eigenvalue weighted by atomic mass is 10.1. The predicted molar refractivity (Wildman–Crippen MR) is 75.3 cm³/mol. The van der Waals surface area contributed by atoms with E-state index in [1.807, 2.05) is 37.3 Å². The van der Waals surface area contributed by atoms with Gasteiger partial charge in [0, 0.05) is 11.4 Å². The molecule has 4 heteroatoms. The lowest BCUT2D eigenvalue weighted by Crippen LogP contribution is -1.96. The van der Waals surface area contributed by atoms with Crippen molar-refractivity contribution in [2.24, 2.45) is 0 Å². The van der Waals surface area contributed by atoms with Gasteiger partial charge < -0.3 is 11.1 Å². The molecule has 0 heterocycles. The first kappa shape index (κ1) is 12.1. The summed E-state index contributed by atoms with van der Waals surface area (Å²) >= 11 is 12.1. The zero-order chi connectivity index (χ0) is 12.4. The lowest BCUT2D eigenvalue weighted by molar-refractivity contribution is 1.43. The second-order valence-corrected chi connectivity index (χ2v) is 4.59. The third-order valence-electron chi connectivity index (χ3n) is 2.48. The Morgan fingerprint density at radius 2 is 1.82 bits per heavy atom. The molecule has 17 heavy (non-hydrogen) atoms. The lowest BCUT2D eigenvalue weighted by Gasteiger charge is -2.12. The number of nitrogen functional groups attached to an aromatic ring is 1. The Kier molecular flexibility index (Phi) is 3.46. The summed E-state index contributed by atoms with van der Waals surface area (Å²) in [5, 5.41) is 4.26. The molecule has 0 radical (unpaired) electrons. The van der Waals surface area contributed by atoms with Crippen LogP contribution in [0, 0.1) is 6.92 Å². The molecule has 2 aromatic carbocycles. The van der Waals surface area contributed by atoms with Crippen LogP contribution in [0.5, 0.6) is 0 Å². The van der Waals surface area contributed by atoms with Gasteiger partial charge in [-0.25, -0.2) is 0 Å². The minimum atomic E-state index is 0.510. The number of rotatable bonds is 2. The highest BCUT2D eigenvalue weighted by atomic mass is 35.5. The van der Waals surface area contributed by atoms with E-state index in [2.05, 4.69) is 5.32 Å². The van der Waals surface area contributed by atoms with E-state index >= 15 is 0 Å². The molecular weight excluding hydrogens is 255 g/mol. The van der Waals surface area contributed by atoms with E-state index in [-0.39, 0.29) is 0 Å². The van der Waals surface area contributed by atoms with Gasteiger partial charge in [0.15, 0.2) is 0 Å². The molecule has 0 aliphatic rings. The van der Waals surface area contributed by atoms with Crippen LogP contribution in [0.2, 0.25) is 10.0 Å². The van der Waals surface area contributed by atoms with Gasteiger partial charge in [0.2, 0.25) is 0 Å². The highest BCUT2D eigenvalue weighted by molar-refractivity contribution is 6.43. The quantitative estimate of drug-likeness (QED) is 0.778. The van der Waals surface area contributed by atoms with Crippen molar-refractivity contribution in [1.82, 2.24) is 0 Å². The maximum absolute atomic E-state index is 6.11. The molecule has 2 aromatic rings. The van der Waals surface area contributed by atoms with Crippen LogP contribution in [-0.4, -0.2) is 0 Å². The maximum atomic E-state index is 6.11. The van der Waals surface area contributed by atoms with Crippen LogP contribution in [0.1, 0.15) is 5.56 Å². The first-order valence-corrected chi connectivity index (χ1v) is 5.90. The summed E-state index contributed by atoms with van der Waals surface area (Å²) < 4.78 is 0. The summed E-state index contributed by atoms with van der Waals surface area (Å²) in [6.07, 6.45) is 0. The molecule has 0 bridgehead atoms. The van der Waals surface area contributed by atoms with Crippen molar-refractivity contribution in [2.75, 3.05) is 11.1 Å². The number of halogens is 2. The first-order chi connectivity index (χ1) is 8.08. The van der Waals surface area contributed by atoms with Crippen molar-refractivity contribution in [3.05, 3.63) is 52.0 Å². The standard InChI is InChI=1S/C13H12Cl2N2/c1-8-5-6-9(16)7-12(8)17-11-4-2-3-10(14)13(11)15/h2-7,17H,16H2,1H3. The summed E-state index contributed by atoms with van der Waals surface area (Å²) in [5.74, 6) is 0. The van der Waals surface area contributed by atoms with Gasteiger partial charge in [0.1, 0.15) is 0 Å². The van der Waals surface area contributed by atoms with Crippen molar-refractivity contribution in [1.29, 1.82) is 0 Å². The maximum Gasteiger partial charge on any atom is 0.0827 e. The number of aryl methyl sites for hydroxylation is 1. The van der Waals surface area contributed by atoms with Gasteiger partial charge in [0.25, 0.3) is 0 Å². The van der Waals surface area contributed by atoms with Crippen LogP contribution in [-0.2, 0) is 0 Å². The second-order valence-electron chi connectivity index (χ2n) is 3.80. The topological polar surface area (TPSA) is 38.0 Å². The number of nitrogens with two attached hydrogens (primary N) is 1. The van der Waals surface area contributed by atoms with Crippen molar-refractivity contribution in [3.63, 3.8) is 0 Å². The molecule has 0 unspecified atom stereocenters. The highest BCUT2D eigenvalue weighted by Gasteiger charge is 2.06. The van der Waals surface area contributed by atoms with Gasteiger partial charge in [-0.2, -0.15) is 0 Å². The fourth-order valence-electron chi connectivity index (χ4n) is 1.52. The molecule has 0 atom stereocenters. The fraction of sp³-hybridized carbons (Fsp3) is 0.0769. The van der Waals surface area contributed by atoms with Crippen LogP contribution in [0.15, 0.2) is 36.4 Å². The zero-order valence-electron chi connectivity index (χ0n) is 9.30. The average molecular weight is 267 g/mol. The molecule has 0 aromatic heterocycles. The van der Waals surface area contributed by atoms with E-state index in [0.717, 1.165) is 16.9 Å². The molecule has 0 aliphatic carbocycles. The Morgan fingerprint density at radius 3 is 2.59 bits per heavy atom. The molecule has 0 fully saturated rings. The van der Waals surface area contributed by atoms with E-state index < -0.39 is 0 Å². The molecule has 0 saturated heterocycles. The van der Waals surface area contributed by atoms with E-state index in [1.54, 1.807) is 6.07 Å². The van der Waals surface area contributed by atoms with Crippen LogP contribution < -0.4 is 11.1 Å². The Balaban J connectivity index is 2.38. The van der Waals surface area contributed by atoms with Gasteiger partial charge in [-0.3, -0.25) is 0 Å². The van der Waals surface area contributed by atoms with Gasteiger partial charge in [-0.1, -0.05) is 35.3 Å². The van der Waals surface area contributed by atoms with E-state index in [9.17, 15) is 0 Å². The third kappa shape index (κ3) is 2.65. The van der Waals surface area contributed by atoms with Crippen molar-refractivity contribution >= 4 is 40.3 Å². The van der Waals surface area contributed by atoms with Crippen LogP contribution >= 0.6 is 23.2 Å². The zero-order valence-corrected chi connectivity index (χ0v) is 10.8. The largest absolute Gasteiger partial charge is 0.399 e. The monoisotopic (exact) mass is 266 g/mol. The van der Waals surface area contributed by atoms with E-state index in [1.165, 1.54) is 0 Å². The summed E-state index contributed by atoms with van der Waals surface area (Å²) in [6, 6.07) is 11.2. The molecule has 3 N–H and O–H groups in total. The van der Waals surface area contributed by atoms with E-state index in [4.69, 9.17) is 28.9 Å². The minimum Gasteiger partial charge on any atom is -0.399 e. The molecule has 88 valence electrons. The molecular formula is C13H12Cl2N2. The van der Waals surface area contributed by atoms with Crippen molar-refractivity contribution < 1.29 is 0 Å². The number of hydrogen-bond acceptors (Lipinski definition) is 2. The Labute approximate surface area is 110 Å². The fourth-order valence-corrected chi connectivity index (χ4v) is 1.87. The molecule has 0 aliphatic heterocycles. The number of nitrogens with one attached hydrogen (secondary N) is 1. The van der Waals surface area contributed by atoms with Crippen LogP contribution in [0.4, 0.5) is 17.1 Å². The predicted octanol–water partition coefficient (Wildman–Crippen LogP) is 4.63. The van der Waals surface area contributed by atoms with Gasteiger partial charge in [-0.05, 0) is 36.8 Å². The molecule has 2 rings (SSSR count). The number of hydrogen-bond donors (Lipinski definition) is 2. The average Bonchev–Trinajstić information content (AvgIpc) is 2.30. The summed E-state index contributed by atoms with van der Waals surface area (Å²) in [5.41, 5.74) is 9.24. The van der Waals surface area contributed by atoms with Crippen LogP contribution in [0.3, 0.4) is 0 Å². The third-order valence-corrected chi connectivity index (χ3v) is 3.30. The first-order valence-electron chi connectivity index (χ1n) is 5.15. The van der Waals surface area contributed by atoms with E-state index in [0.29, 0.717) is 15.7 Å². The van der Waals surface area contributed by atoms with Crippen molar-refractivity contribution in [2.45, 2.75) is 6.92 Å². The summed E-state index contributed by atoms with van der Waals surface area (Å²) in [7, 11) is 0. The van der Waals surface area contributed by atoms with Crippen LogP contribution in [0.25, 0.3) is 0 Å². The van der Waals surface area contributed by atoms with Gasteiger partial charge >= 0.3 is 0 Å². The Morgan fingerprint density at radius 1 is 1.06 bits per heavy atom. The normalized spacial score (nSPS) is 10.3. The SMILES string of the molecule is Cc1ccc(N)cc1Nc1cccc(Cl)c1Cl. The molecule has 2 nitrogen and oxygen atoms in total. The number of anilines is 3. The summed E-state index contributed by atoms with van der Waals surface area (Å²) in [4.78, 5) is 0. The molecule has 0 amide bonds. The number of benzene rings is 2. The van der Waals surface area contributed by atoms with Gasteiger partial charge in [0.05, 0.1) is 15.7 Å². The smallest absolute Gasteiger partial charge is 0.0827 e. The summed E-state index contributed by atoms with van der Waals surface area (Å²) in [6.45, 7) is 2.00. The molecule has 0 saturated carbocycles. The highest BCUT2D eigenvalue weighted by Crippen LogP contribution is 2.32. The second kappa shape index (κ2) is 4.86.